The summed E-state index contributed by atoms with van der Waals surface area (Å²) in [7, 11) is 0. The molecule has 0 unspecified atom stereocenters. The Bertz CT molecular complexity index is 631. The topological polar surface area (TPSA) is 64.6 Å². The molecule has 0 atom stereocenters. The van der Waals surface area contributed by atoms with Crippen LogP contribution in [0.4, 0.5) is 4.79 Å². The second-order valence-electron chi connectivity index (χ2n) is 4.91. The van der Waals surface area contributed by atoms with Crippen LogP contribution in [0.5, 0.6) is 0 Å². The highest BCUT2D eigenvalue weighted by atomic mass is 16.6. The van der Waals surface area contributed by atoms with Crippen LogP contribution in [-0.4, -0.2) is 25.2 Å². The summed E-state index contributed by atoms with van der Waals surface area (Å²) in [6.45, 7) is 3.51. The molecule has 0 saturated heterocycles. The molecule has 5 nitrogen and oxygen atoms in total. The first kappa shape index (κ1) is 17.3. The van der Waals surface area contributed by atoms with E-state index >= 15 is 0 Å². The average Bonchev–Trinajstić information content (AvgIpc) is 2.64. The zero-order chi connectivity index (χ0) is 17.2. The van der Waals surface area contributed by atoms with Crippen molar-refractivity contribution in [3.63, 3.8) is 0 Å². The van der Waals surface area contributed by atoms with E-state index < -0.39 is 18.2 Å². The Balaban J connectivity index is 1.97. The third kappa shape index (κ3) is 5.28. The second-order valence-corrected chi connectivity index (χ2v) is 4.91. The van der Waals surface area contributed by atoms with Gasteiger partial charge in [-0.25, -0.2) is 9.59 Å². The van der Waals surface area contributed by atoms with E-state index in [-0.39, 0.29) is 13.2 Å². The van der Waals surface area contributed by atoms with Gasteiger partial charge in [-0.15, -0.1) is 0 Å². The first-order valence-electron chi connectivity index (χ1n) is 7.54. The Kier molecular flexibility index (Phi) is 6.58. The lowest BCUT2D eigenvalue weighted by Crippen LogP contribution is -2.30. The zero-order valence-electron chi connectivity index (χ0n) is 13.2. The van der Waals surface area contributed by atoms with E-state index in [2.05, 4.69) is 11.9 Å². The molecular weight excluding hydrogens is 306 g/mol. The van der Waals surface area contributed by atoms with Gasteiger partial charge in [0.05, 0.1) is 6.54 Å². The standard InChI is InChI=1S/C19H19NO4/c1-2-17(21)23-14-13-20-19(22)24-18(15-9-5-3-6-10-15)16-11-7-4-8-12-16/h2-12,18H,1,13-14H2,(H,20,22). The van der Waals surface area contributed by atoms with Gasteiger partial charge in [-0.3, -0.25) is 0 Å². The fraction of sp³-hybridized carbons (Fsp3) is 0.158. The molecule has 0 aliphatic rings. The largest absolute Gasteiger partial charge is 0.461 e. The minimum atomic E-state index is -0.581. The molecule has 124 valence electrons. The first-order valence-corrected chi connectivity index (χ1v) is 7.54. The zero-order valence-corrected chi connectivity index (χ0v) is 13.2. The molecule has 5 heteroatoms. The average molecular weight is 325 g/mol. The van der Waals surface area contributed by atoms with Gasteiger partial charge in [-0.2, -0.15) is 0 Å². The number of benzene rings is 2. The van der Waals surface area contributed by atoms with Gasteiger partial charge in [0.2, 0.25) is 0 Å². The van der Waals surface area contributed by atoms with E-state index in [1.165, 1.54) is 0 Å². The van der Waals surface area contributed by atoms with E-state index in [1.54, 1.807) is 0 Å². The van der Waals surface area contributed by atoms with Crippen LogP contribution < -0.4 is 5.32 Å². The lowest BCUT2D eigenvalue weighted by atomic mass is 10.0. The summed E-state index contributed by atoms with van der Waals surface area (Å²) in [5.41, 5.74) is 1.74. The molecular formula is C19H19NO4. The summed E-state index contributed by atoms with van der Waals surface area (Å²) < 4.78 is 10.3. The van der Waals surface area contributed by atoms with Crippen molar-refractivity contribution < 1.29 is 19.1 Å². The SMILES string of the molecule is C=CC(=O)OCCNC(=O)OC(c1ccccc1)c1ccccc1. The molecule has 2 aromatic carbocycles. The molecule has 0 heterocycles. The number of ether oxygens (including phenoxy) is 2. The van der Waals surface area contributed by atoms with Gasteiger partial charge in [0, 0.05) is 6.08 Å². The normalized spacial score (nSPS) is 10.0. The summed E-state index contributed by atoms with van der Waals surface area (Å²) in [5.74, 6) is -0.531. The van der Waals surface area contributed by atoms with Gasteiger partial charge in [0.25, 0.3) is 0 Å². The van der Waals surface area contributed by atoms with Gasteiger partial charge in [-0.1, -0.05) is 67.2 Å². The Labute approximate surface area is 140 Å². The summed E-state index contributed by atoms with van der Waals surface area (Å²) in [6, 6.07) is 19.0. The van der Waals surface area contributed by atoms with Crippen LogP contribution in [0, 0.1) is 0 Å². The third-order valence-corrected chi connectivity index (χ3v) is 3.21. The molecule has 0 aromatic heterocycles. The molecule has 0 saturated carbocycles. The van der Waals surface area contributed by atoms with E-state index in [0.717, 1.165) is 17.2 Å². The highest BCUT2D eigenvalue weighted by molar-refractivity contribution is 5.81. The minimum Gasteiger partial charge on any atom is -0.461 e. The van der Waals surface area contributed by atoms with Crippen molar-refractivity contribution in [2.24, 2.45) is 0 Å². The van der Waals surface area contributed by atoms with Gasteiger partial charge in [0.1, 0.15) is 6.61 Å². The second kappa shape index (κ2) is 9.15. The molecule has 0 fully saturated rings. The lowest BCUT2D eigenvalue weighted by Gasteiger charge is -2.19. The smallest absolute Gasteiger partial charge is 0.408 e. The number of hydrogen-bond donors (Lipinski definition) is 1. The molecule has 0 aliphatic heterocycles. The number of esters is 1. The van der Waals surface area contributed by atoms with Crippen molar-refractivity contribution >= 4 is 12.1 Å². The monoisotopic (exact) mass is 325 g/mol. The maximum atomic E-state index is 12.0. The van der Waals surface area contributed by atoms with Crippen LogP contribution in [0.25, 0.3) is 0 Å². The van der Waals surface area contributed by atoms with Crippen molar-refractivity contribution in [3.8, 4) is 0 Å². The third-order valence-electron chi connectivity index (χ3n) is 3.21. The van der Waals surface area contributed by atoms with Crippen molar-refractivity contribution in [1.29, 1.82) is 0 Å². The first-order chi connectivity index (χ1) is 11.7. The predicted molar refractivity (Wildman–Crippen MR) is 90.4 cm³/mol. The van der Waals surface area contributed by atoms with Crippen LogP contribution in [0.2, 0.25) is 0 Å². The van der Waals surface area contributed by atoms with Crippen molar-refractivity contribution in [2.75, 3.05) is 13.2 Å². The van der Waals surface area contributed by atoms with E-state index in [9.17, 15) is 9.59 Å². The van der Waals surface area contributed by atoms with Crippen LogP contribution in [0.15, 0.2) is 73.3 Å². The fourth-order valence-corrected chi connectivity index (χ4v) is 2.10. The lowest BCUT2D eigenvalue weighted by molar-refractivity contribution is -0.137. The summed E-state index contributed by atoms with van der Waals surface area (Å²) in [5, 5.41) is 2.56. The minimum absolute atomic E-state index is 0.0568. The number of hydrogen-bond acceptors (Lipinski definition) is 4. The Hall–Kier alpha value is -3.08. The van der Waals surface area contributed by atoms with E-state index in [4.69, 9.17) is 9.47 Å². The maximum Gasteiger partial charge on any atom is 0.408 e. The van der Waals surface area contributed by atoms with E-state index in [0.29, 0.717) is 0 Å². The van der Waals surface area contributed by atoms with Gasteiger partial charge in [-0.05, 0) is 11.1 Å². The van der Waals surface area contributed by atoms with Crippen molar-refractivity contribution in [2.45, 2.75) is 6.10 Å². The van der Waals surface area contributed by atoms with Crippen molar-refractivity contribution in [1.82, 2.24) is 5.32 Å². The molecule has 0 bridgehead atoms. The highest BCUT2D eigenvalue weighted by Gasteiger charge is 2.18. The van der Waals surface area contributed by atoms with Crippen LogP contribution >= 0.6 is 0 Å². The highest BCUT2D eigenvalue weighted by Crippen LogP contribution is 2.25. The molecule has 24 heavy (non-hydrogen) atoms. The summed E-state index contributed by atoms with van der Waals surface area (Å²) in [6.07, 6.45) is -0.0235. The fourth-order valence-electron chi connectivity index (χ4n) is 2.10. The van der Waals surface area contributed by atoms with E-state index in [1.807, 2.05) is 60.7 Å². The number of nitrogens with one attached hydrogen (secondary N) is 1. The van der Waals surface area contributed by atoms with Gasteiger partial charge < -0.3 is 14.8 Å². The Morgan fingerprint density at radius 1 is 1.00 bits per heavy atom. The van der Waals surface area contributed by atoms with Crippen molar-refractivity contribution in [3.05, 3.63) is 84.4 Å². The number of carbonyl (C=O) groups is 2. The Morgan fingerprint density at radius 3 is 2.04 bits per heavy atom. The molecule has 1 amide bonds. The predicted octanol–water partition coefficient (Wildman–Crippen LogP) is 3.23. The molecule has 1 N–H and O–H groups in total. The van der Waals surface area contributed by atoms with Crippen LogP contribution in [0.1, 0.15) is 17.2 Å². The summed E-state index contributed by atoms with van der Waals surface area (Å²) >= 11 is 0. The molecule has 0 spiro atoms. The van der Waals surface area contributed by atoms with Crippen LogP contribution in [-0.2, 0) is 14.3 Å². The molecule has 2 aromatic rings. The molecule has 2 rings (SSSR count). The van der Waals surface area contributed by atoms with Crippen LogP contribution in [0.3, 0.4) is 0 Å². The maximum absolute atomic E-state index is 12.0. The quantitative estimate of drug-likeness (QED) is 0.482. The molecule has 0 aliphatic carbocycles. The number of carbonyl (C=O) groups excluding carboxylic acids is 2. The number of alkyl carbamates (subject to hydrolysis) is 1. The molecule has 0 radical (unpaired) electrons. The van der Waals surface area contributed by atoms with Gasteiger partial charge in [0.15, 0.2) is 6.10 Å². The van der Waals surface area contributed by atoms with Gasteiger partial charge >= 0.3 is 12.1 Å². The Morgan fingerprint density at radius 2 is 1.54 bits per heavy atom. The number of rotatable bonds is 7. The number of amides is 1. The summed E-state index contributed by atoms with van der Waals surface area (Å²) in [4.78, 5) is 22.9.